The molecule has 2 rings (SSSR count). The largest absolute Gasteiger partial charge is 0.479 e. The summed E-state index contributed by atoms with van der Waals surface area (Å²) in [5, 5.41) is 11.6. The third kappa shape index (κ3) is 2.77. The lowest BCUT2D eigenvalue weighted by Gasteiger charge is -2.23. The van der Waals surface area contributed by atoms with Gasteiger partial charge in [-0.1, -0.05) is 6.07 Å². The lowest BCUT2D eigenvalue weighted by molar-refractivity contribution is -0.122. The number of nitrogens with one attached hydrogen (secondary N) is 1. The Kier molecular flexibility index (Phi) is 3.64. The summed E-state index contributed by atoms with van der Waals surface area (Å²) in [5.74, 6) is 0.619. The van der Waals surface area contributed by atoms with E-state index in [1.54, 1.807) is 6.92 Å². The summed E-state index contributed by atoms with van der Waals surface area (Å²) < 4.78 is 5.47. The van der Waals surface area contributed by atoms with Crippen molar-refractivity contribution in [2.45, 2.75) is 32.3 Å². The summed E-state index contributed by atoms with van der Waals surface area (Å²) in [7, 11) is 0. The number of carbonyl (C=O) groups excluding carboxylic acids is 1. The molecule has 1 aromatic carbocycles. The average Bonchev–Trinajstić information content (AvgIpc) is 2.31. The third-order valence-corrected chi connectivity index (χ3v) is 2.85. The fraction of sp³-hybridized carbons (Fsp3) is 0.462. The summed E-state index contributed by atoms with van der Waals surface area (Å²) in [6.07, 6.45) is 2.22. The summed E-state index contributed by atoms with van der Waals surface area (Å²) in [6, 6.07) is 5.83. The van der Waals surface area contributed by atoms with Crippen molar-refractivity contribution in [1.82, 2.24) is 0 Å². The standard InChI is InChI=1S/C13H17NO3/c1-9-13(16)14-11-8-10(4-2-3-7-15)5-6-12(11)17-9/h5-6,8-9,15H,2-4,7H2,1H3,(H,14,16). The number of hydrogen-bond donors (Lipinski definition) is 2. The second kappa shape index (κ2) is 5.19. The van der Waals surface area contributed by atoms with Crippen LogP contribution in [0, 0.1) is 0 Å². The van der Waals surface area contributed by atoms with Crippen LogP contribution in [0.2, 0.25) is 0 Å². The highest BCUT2D eigenvalue weighted by molar-refractivity contribution is 5.97. The normalized spacial score (nSPS) is 18.2. The highest BCUT2D eigenvalue weighted by atomic mass is 16.5. The first kappa shape index (κ1) is 11.9. The molecule has 0 aliphatic carbocycles. The predicted molar refractivity (Wildman–Crippen MR) is 65.2 cm³/mol. The quantitative estimate of drug-likeness (QED) is 0.781. The van der Waals surface area contributed by atoms with Crippen LogP contribution in [-0.4, -0.2) is 23.7 Å². The maximum absolute atomic E-state index is 11.5. The molecule has 4 heteroatoms. The molecular formula is C13H17NO3. The Morgan fingerprint density at radius 1 is 1.41 bits per heavy atom. The van der Waals surface area contributed by atoms with Gasteiger partial charge < -0.3 is 15.2 Å². The van der Waals surface area contributed by atoms with Crippen LogP contribution < -0.4 is 10.1 Å². The van der Waals surface area contributed by atoms with Gasteiger partial charge in [0.1, 0.15) is 5.75 Å². The molecular weight excluding hydrogens is 218 g/mol. The Hall–Kier alpha value is -1.55. The van der Waals surface area contributed by atoms with Gasteiger partial charge in [-0.05, 0) is 43.9 Å². The lowest BCUT2D eigenvalue weighted by atomic mass is 10.1. The zero-order chi connectivity index (χ0) is 12.3. The van der Waals surface area contributed by atoms with Crippen LogP contribution in [-0.2, 0) is 11.2 Å². The monoisotopic (exact) mass is 235 g/mol. The van der Waals surface area contributed by atoms with Gasteiger partial charge in [0.15, 0.2) is 6.10 Å². The van der Waals surface area contributed by atoms with Crippen LogP contribution in [0.3, 0.4) is 0 Å². The van der Waals surface area contributed by atoms with Crippen molar-refractivity contribution in [2.75, 3.05) is 11.9 Å². The molecule has 1 atom stereocenters. The molecule has 4 nitrogen and oxygen atoms in total. The molecule has 0 aromatic heterocycles. The van der Waals surface area contributed by atoms with Crippen LogP contribution in [0.4, 0.5) is 5.69 Å². The van der Waals surface area contributed by atoms with E-state index >= 15 is 0 Å². The molecule has 0 bridgehead atoms. The van der Waals surface area contributed by atoms with E-state index in [0.717, 1.165) is 36.3 Å². The zero-order valence-electron chi connectivity index (χ0n) is 9.90. The number of anilines is 1. The lowest BCUT2D eigenvalue weighted by Crippen LogP contribution is -2.34. The molecule has 1 aromatic rings. The van der Waals surface area contributed by atoms with Crippen LogP contribution in [0.25, 0.3) is 0 Å². The SMILES string of the molecule is CC1Oc2ccc(CCCCO)cc2NC1=O. The molecule has 1 heterocycles. The number of aryl methyl sites for hydroxylation is 1. The van der Waals surface area contributed by atoms with E-state index in [2.05, 4.69) is 5.32 Å². The summed E-state index contributed by atoms with van der Waals surface area (Å²) in [5.41, 5.74) is 1.89. The number of aliphatic hydroxyl groups excluding tert-OH is 1. The van der Waals surface area contributed by atoms with Crippen molar-refractivity contribution in [1.29, 1.82) is 0 Å². The molecule has 1 amide bonds. The maximum atomic E-state index is 11.5. The number of aliphatic hydroxyl groups is 1. The highest BCUT2D eigenvalue weighted by Crippen LogP contribution is 2.30. The second-order valence-electron chi connectivity index (χ2n) is 4.26. The van der Waals surface area contributed by atoms with Gasteiger partial charge >= 0.3 is 0 Å². The van der Waals surface area contributed by atoms with E-state index in [1.807, 2.05) is 18.2 Å². The van der Waals surface area contributed by atoms with Gasteiger partial charge in [-0.25, -0.2) is 0 Å². The topological polar surface area (TPSA) is 58.6 Å². The van der Waals surface area contributed by atoms with Gasteiger partial charge in [0.25, 0.3) is 5.91 Å². The van der Waals surface area contributed by atoms with Gasteiger partial charge in [0.05, 0.1) is 5.69 Å². The zero-order valence-corrected chi connectivity index (χ0v) is 9.90. The number of unbranched alkanes of at least 4 members (excludes halogenated alkanes) is 1. The molecule has 17 heavy (non-hydrogen) atoms. The molecule has 92 valence electrons. The van der Waals surface area contributed by atoms with Gasteiger partial charge in [-0.3, -0.25) is 4.79 Å². The Labute approximate surface area is 101 Å². The van der Waals surface area contributed by atoms with E-state index in [1.165, 1.54) is 0 Å². The van der Waals surface area contributed by atoms with E-state index in [0.29, 0.717) is 0 Å². The van der Waals surface area contributed by atoms with Crippen molar-refractivity contribution >= 4 is 11.6 Å². The highest BCUT2D eigenvalue weighted by Gasteiger charge is 2.23. The van der Waals surface area contributed by atoms with Crippen molar-refractivity contribution in [3.63, 3.8) is 0 Å². The van der Waals surface area contributed by atoms with Crippen molar-refractivity contribution in [3.8, 4) is 5.75 Å². The first-order valence-electron chi connectivity index (χ1n) is 5.92. The van der Waals surface area contributed by atoms with Gasteiger partial charge in [-0.2, -0.15) is 0 Å². The number of fused-ring (bicyclic) bond motifs is 1. The number of ether oxygens (including phenoxy) is 1. The number of amides is 1. The molecule has 0 radical (unpaired) electrons. The average molecular weight is 235 g/mol. The molecule has 2 N–H and O–H groups in total. The predicted octanol–water partition coefficient (Wildman–Crippen LogP) is 1.72. The minimum atomic E-state index is -0.428. The number of benzene rings is 1. The molecule has 0 saturated carbocycles. The van der Waals surface area contributed by atoms with E-state index in [4.69, 9.17) is 9.84 Å². The maximum Gasteiger partial charge on any atom is 0.265 e. The fourth-order valence-electron chi connectivity index (χ4n) is 1.85. The summed E-state index contributed by atoms with van der Waals surface area (Å²) in [6.45, 7) is 1.95. The minimum absolute atomic E-state index is 0.106. The molecule has 0 fully saturated rings. The summed E-state index contributed by atoms with van der Waals surface area (Å²) in [4.78, 5) is 11.5. The number of rotatable bonds is 4. The van der Waals surface area contributed by atoms with E-state index < -0.39 is 6.10 Å². The third-order valence-electron chi connectivity index (χ3n) is 2.85. The van der Waals surface area contributed by atoms with E-state index in [-0.39, 0.29) is 12.5 Å². The smallest absolute Gasteiger partial charge is 0.265 e. The van der Waals surface area contributed by atoms with Crippen molar-refractivity contribution in [3.05, 3.63) is 23.8 Å². The summed E-state index contributed by atoms with van der Waals surface area (Å²) >= 11 is 0. The fourth-order valence-corrected chi connectivity index (χ4v) is 1.85. The first-order chi connectivity index (χ1) is 8.20. The molecule has 0 saturated heterocycles. The Morgan fingerprint density at radius 2 is 2.24 bits per heavy atom. The van der Waals surface area contributed by atoms with Crippen molar-refractivity contribution < 1.29 is 14.6 Å². The van der Waals surface area contributed by atoms with Crippen LogP contribution >= 0.6 is 0 Å². The van der Waals surface area contributed by atoms with Gasteiger partial charge in [0.2, 0.25) is 0 Å². The Bertz CT molecular complexity index is 417. The van der Waals surface area contributed by atoms with Gasteiger partial charge in [0, 0.05) is 6.61 Å². The molecule has 1 aliphatic rings. The van der Waals surface area contributed by atoms with Gasteiger partial charge in [-0.15, -0.1) is 0 Å². The number of carbonyl (C=O) groups is 1. The van der Waals surface area contributed by atoms with Crippen LogP contribution in [0.15, 0.2) is 18.2 Å². The Balaban J connectivity index is 2.09. The first-order valence-corrected chi connectivity index (χ1v) is 5.92. The van der Waals surface area contributed by atoms with E-state index in [9.17, 15) is 4.79 Å². The van der Waals surface area contributed by atoms with Crippen molar-refractivity contribution in [2.24, 2.45) is 0 Å². The second-order valence-corrected chi connectivity index (χ2v) is 4.26. The molecule has 1 unspecified atom stereocenters. The molecule has 1 aliphatic heterocycles. The number of hydrogen-bond acceptors (Lipinski definition) is 3. The van der Waals surface area contributed by atoms with Crippen LogP contribution in [0.5, 0.6) is 5.75 Å². The minimum Gasteiger partial charge on any atom is -0.479 e. The molecule has 0 spiro atoms. The van der Waals surface area contributed by atoms with Crippen LogP contribution in [0.1, 0.15) is 25.3 Å². The Morgan fingerprint density at radius 3 is 3.00 bits per heavy atom.